The number of nitrogens with one attached hydrogen (secondary N) is 3. The first kappa shape index (κ1) is 20.9. The molecule has 0 aliphatic carbocycles. The summed E-state index contributed by atoms with van der Waals surface area (Å²) in [6.45, 7) is 1.47. The van der Waals surface area contributed by atoms with Crippen molar-refractivity contribution in [1.82, 2.24) is 15.5 Å². The van der Waals surface area contributed by atoms with Crippen molar-refractivity contribution >= 4 is 29.5 Å². The van der Waals surface area contributed by atoms with Gasteiger partial charge in [-0.15, -0.1) is 0 Å². The zero-order valence-corrected chi connectivity index (χ0v) is 14.6. The second kappa shape index (κ2) is 10.7. The minimum absolute atomic E-state index is 0.409. The second-order valence-corrected chi connectivity index (χ2v) is 5.70. The highest BCUT2D eigenvalue weighted by molar-refractivity contribution is 6.13. The smallest absolute Gasteiger partial charge is 0.250 e. The maximum atomic E-state index is 12.0. The molecule has 0 heterocycles. The number of carbonyl (C=O) groups is 3. The molecule has 9 heteroatoms. The van der Waals surface area contributed by atoms with Crippen LogP contribution in [0.4, 0.5) is 0 Å². The number of aliphatic hydroxyl groups excluding tert-OH is 1. The normalized spacial score (nSPS) is 14.2. The minimum atomic E-state index is -1.40. The molecule has 6 N–H and O–H groups in total. The van der Waals surface area contributed by atoms with Crippen molar-refractivity contribution in [1.29, 1.82) is 0 Å². The number of nitrogens with two attached hydrogens (primary N) is 1. The number of halogens is 1. The molecule has 3 amide bonds. The van der Waals surface area contributed by atoms with Gasteiger partial charge in [-0.3, -0.25) is 14.4 Å². The predicted octanol–water partition coefficient (Wildman–Crippen LogP) is -0.282. The summed E-state index contributed by atoms with van der Waals surface area (Å²) in [5.41, 5.74) is 5.84. The van der Waals surface area contributed by atoms with Gasteiger partial charge < -0.3 is 21.5 Å². The Kier molecular flexibility index (Phi) is 8.90. The van der Waals surface area contributed by atoms with Gasteiger partial charge in [0.1, 0.15) is 12.1 Å². The number of aliphatic hydroxyl groups is 1. The number of amides is 3. The fourth-order valence-corrected chi connectivity index (χ4v) is 2.44. The molecular formula is C16H23ClN4O4. The third kappa shape index (κ3) is 6.69. The van der Waals surface area contributed by atoms with Crippen LogP contribution in [-0.4, -0.2) is 41.5 Å². The van der Waals surface area contributed by atoms with Gasteiger partial charge >= 0.3 is 0 Å². The Morgan fingerprint density at radius 3 is 2.40 bits per heavy atom. The Hall–Kier alpha value is -2.16. The Morgan fingerprint density at radius 1 is 1.24 bits per heavy atom. The van der Waals surface area contributed by atoms with Gasteiger partial charge in [0.2, 0.25) is 11.8 Å². The Labute approximate surface area is 151 Å². The fourth-order valence-electron chi connectivity index (χ4n) is 2.21. The first-order valence-corrected chi connectivity index (χ1v) is 8.24. The summed E-state index contributed by atoms with van der Waals surface area (Å²) in [6, 6.07) is 6.86. The zero-order valence-electron chi connectivity index (χ0n) is 13.9. The fraction of sp³-hybridized carbons (Fsp3) is 0.438. The van der Waals surface area contributed by atoms with E-state index in [-0.39, 0.29) is 0 Å². The van der Waals surface area contributed by atoms with E-state index in [1.165, 1.54) is 0 Å². The number of benzene rings is 1. The van der Waals surface area contributed by atoms with Crippen LogP contribution < -0.4 is 21.2 Å². The van der Waals surface area contributed by atoms with E-state index in [9.17, 15) is 19.5 Å². The summed E-state index contributed by atoms with van der Waals surface area (Å²) in [5, 5.41) is 14.6. The van der Waals surface area contributed by atoms with E-state index in [1.807, 2.05) is 6.92 Å². The van der Waals surface area contributed by atoms with Gasteiger partial charge in [0.05, 0.1) is 12.6 Å². The largest absolute Gasteiger partial charge is 0.382 e. The summed E-state index contributed by atoms with van der Waals surface area (Å²) >= 11 is 5.50. The third-order valence-electron chi connectivity index (χ3n) is 3.54. The van der Waals surface area contributed by atoms with E-state index >= 15 is 0 Å². The van der Waals surface area contributed by atoms with Crippen LogP contribution in [0, 0.1) is 0 Å². The first-order valence-electron chi connectivity index (χ1n) is 7.86. The summed E-state index contributed by atoms with van der Waals surface area (Å²) in [6.07, 6.45) is -0.194. The van der Waals surface area contributed by atoms with Crippen molar-refractivity contribution in [2.24, 2.45) is 5.73 Å². The molecule has 3 atom stereocenters. The van der Waals surface area contributed by atoms with Crippen molar-refractivity contribution in [3.8, 4) is 0 Å². The topological polar surface area (TPSA) is 134 Å². The van der Waals surface area contributed by atoms with E-state index in [0.29, 0.717) is 18.4 Å². The van der Waals surface area contributed by atoms with Crippen molar-refractivity contribution in [2.45, 2.75) is 38.0 Å². The monoisotopic (exact) mass is 370 g/mol. The quantitative estimate of drug-likeness (QED) is 0.361. The number of hydrogen-bond donors (Lipinski definition) is 5. The number of rotatable bonds is 10. The lowest BCUT2D eigenvalue weighted by Crippen LogP contribution is -2.49. The Morgan fingerprint density at radius 2 is 1.88 bits per heavy atom. The standard InChI is InChI=1S/C16H23ClN4O4/c1-2-6-11(21-17)14(23)16(25)19-9-12(22)20-13(15(18)24)10-7-4-3-5-8-10/h3-5,7-8,11,13-14,21,23H,2,6,9H2,1H3,(H2,18,24)(H,19,25)(H,20,22)/t11?,13-,14?/m0/s1. The van der Waals surface area contributed by atoms with Gasteiger partial charge in [-0.05, 0) is 23.8 Å². The van der Waals surface area contributed by atoms with Gasteiger partial charge in [-0.2, -0.15) is 0 Å². The Balaban J connectivity index is 2.58. The van der Waals surface area contributed by atoms with Crippen LogP contribution in [0.1, 0.15) is 31.4 Å². The molecule has 25 heavy (non-hydrogen) atoms. The maximum absolute atomic E-state index is 12.0. The van der Waals surface area contributed by atoms with E-state index in [2.05, 4.69) is 15.5 Å². The van der Waals surface area contributed by atoms with Crippen LogP contribution in [0.2, 0.25) is 0 Å². The number of primary amides is 1. The van der Waals surface area contributed by atoms with Crippen molar-refractivity contribution in [3.05, 3.63) is 35.9 Å². The van der Waals surface area contributed by atoms with Crippen molar-refractivity contribution in [2.75, 3.05) is 6.54 Å². The average molecular weight is 371 g/mol. The lowest BCUT2D eigenvalue weighted by Gasteiger charge is -2.20. The lowest BCUT2D eigenvalue weighted by molar-refractivity contribution is -0.133. The molecule has 2 unspecified atom stereocenters. The molecule has 8 nitrogen and oxygen atoms in total. The molecule has 0 fully saturated rings. The van der Waals surface area contributed by atoms with Crippen LogP contribution in [0.15, 0.2) is 30.3 Å². The molecule has 1 aromatic rings. The summed E-state index contributed by atoms with van der Waals surface area (Å²) in [7, 11) is 0. The lowest BCUT2D eigenvalue weighted by atomic mass is 10.1. The summed E-state index contributed by atoms with van der Waals surface area (Å²) < 4.78 is 0. The third-order valence-corrected chi connectivity index (χ3v) is 3.82. The van der Waals surface area contributed by atoms with E-state index < -0.39 is 42.5 Å². The molecule has 1 rings (SSSR count). The highest BCUT2D eigenvalue weighted by atomic mass is 35.5. The van der Waals surface area contributed by atoms with Crippen LogP contribution in [-0.2, 0) is 14.4 Å². The molecule has 0 aliphatic rings. The predicted molar refractivity (Wildman–Crippen MR) is 93.2 cm³/mol. The first-order chi connectivity index (χ1) is 11.9. The second-order valence-electron chi connectivity index (χ2n) is 5.48. The van der Waals surface area contributed by atoms with Crippen LogP contribution in [0.3, 0.4) is 0 Å². The van der Waals surface area contributed by atoms with E-state index in [0.717, 1.165) is 0 Å². The molecule has 0 spiro atoms. The van der Waals surface area contributed by atoms with Gasteiger partial charge in [0.15, 0.2) is 0 Å². The highest BCUT2D eigenvalue weighted by Crippen LogP contribution is 2.11. The van der Waals surface area contributed by atoms with Crippen molar-refractivity contribution in [3.63, 3.8) is 0 Å². The molecule has 0 aromatic heterocycles. The molecular weight excluding hydrogens is 348 g/mol. The molecule has 0 saturated heterocycles. The summed E-state index contributed by atoms with van der Waals surface area (Å²) in [5.74, 6) is -2.07. The van der Waals surface area contributed by atoms with E-state index in [4.69, 9.17) is 17.5 Å². The van der Waals surface area contributed by atoms with Crippen LogP contribution >= 0.6 is 11.8 Å². The van der Waals surface area contributed by atoms with E-state index in [1.54, 1.807) is 30.3 Å². The average Bonchev–Trinajstić information content (AvgIpc) is 2.62. The van der Waals surface area contributed by atoms with Crippen LogP contribution in [0.25, 0.3) is 0 Å². The minimum Gasteiger partial charge on any atom is -0.382 e. The SMILES string of the molecule is CCCC(NCl)C(O)C(=O)NCC(=O)N[C@H](C(N)=O)c1ccccc1. The van der Waals surface area contributed by atoms with Gasteiger partial charge in [-0.25, -0.2) is 4.84 Å². The molecule has 0 aliphatic heterocycles. The summed E-state index contributed by atoms with van der Waals surface area (Å²) in [4.78, 5) is 37.7. The highest BCUT2D eigenvalue weighted by Gasteiger charge is 2.26. The Bertz CT molecular complexity index is 585. The van der Waals surface area contributed by atoms with Gasteiger partial charge in [0, 0.05) is 0 Å². The van der Waals surface area contributed by atoms with Gasteiger partial charge in [-0.1, -0.05) is 43.7 Å². The van der Waals surface area contributed by atoms with Crippen LogP contribution in [0.5, 0.6) is 0 Å². The maximum Gasteiger partial charge on any atom is 0.250 e. The molecule has 1 aromatic carbocycles. The molecule has 0 saturated carbocycles. The molecule has 0 radical (unpaired) electrons. The number of hydrogen-bond acceptors (Lipinski definition) is 5. The van der Waals surface area contributed by atoms with Gasteiger partial charge in [0.25, 0.3) is 5.91 Å². The molecule has 138 valence electrons. The zero-order chi connectivity index (χ0) is 18.8. The number of carbonyl (C=O) groups excluding carboxylic acids is 3. The molecule has 0 bridgehead atoms. The van der Waals surface area contributed by atoms with Crippen molar-refractivity contribution < 1.29 is 19.5 Å².